The van der Waals surface area contributed by atoms with E-state index in [0.717, 1.165) is 37.7 Å². The van der Waals surface area contributed by atoms with Gasteiger partial charge in [0.1, 0.15) is 36.0 Å². The molecule has 0 bridgehead atoms. The van der Waals surface area contributed by atoms with Crippen molar-refractivity contribution in [3.8, 4) is 27.4 Å². The smallest absolute Gasteiger partial charge is 0.125 e. The third-order valence-electron chi connectivity index (χ3n) is 4.47. The molecule has 5 nitrogen and oxygen atoms in total. The van der Waals surface area contributed by atoms with Gasteiger partial charge in [-0.3, -0.25) is 0 Å². The highest BCUT2D eigenvalue weighted by atomic mass is 32.1. The lowest BCUT2D eigenvalue weighted by atomic mass is 10.1. The molecule has 0 aliphatic heterocycles. The second-order valence-electron chi connectivity index (χ2n) is 6.53. The third kappa shape index (κ3) is 4.36. The maximum absolute atomic E-state index is 12.4. The maximum atomic E-state index is 12.4. The predicted molar refractivity (Wildman–Crippen MR) is 115 cm³/mol. The van der Waals surface area contributed by atoms with E-state index in [0.29, 0.717) is 5.75 Å². The average molecular weight is 409 g/mol. The topological polar surface area (TPSA) is 67.3 Å². The van der Waals surface area contributed by atoms with Crippen LogP contribution < -0.4 is 10.1 Å². The zero-order valence-corrected chi connectivity index (χ0v) is 16.6. The number of nitrogens with zero attached hydrogens (tertiary/aromatic N) is 2. The van der Waals surface area contributed by atoms with Crippen LogP contribution in [0.1, 0.15) is 0 Å². The summed E-state index contributed by atoms with van der Waals surface area (Å²) in [5.41, 5.74) is 4.05. The van der Waals surface area contributed by atoms with E-state index < -0.39 is 12.8 Å². The minimum absolute atomic E-state index is 0.0702. The normalized spacial score (nSPS) is 12.1. The van der Waals surface area contributed by atoms with Gasteiger partial charge in [0.05, 0.1) is 10.2 Å². The first-order chi connectivity index (χ1) is 14.2. The number of fused-ring (bicyclic) bond motifs is 1. The number of ether oxygens (including phenoxy) is 1. The van der Waals surface area contributed by atoms with Crippen molar-refractivity contribution in [3.63, 3.8) is 0 Å². The Morgan fingerprint density at radius 2 is 1.83 bits per heavy atom. The summed E-state index contributed by atoms with van der Waals surface area (Å²) in [5, 5.41) is 13.2. The summed E-state index contributed by atoms with van der Waals surface area (Å²) in [4.78, 5) is 9.05. The van der Waals surface area contributed by atoms with E-state index in [9.17, 15) is 9.50 Å². The molecular formula is C22H20FN3O2S. The zero-order valence-electron chi connectivity index (χ0n) is 15.8. The van der Waals surface area contributed by atoms with Crippen LogP contribution in [-0.2, 0) is 0 Å². The molecule has 2 aromatic heterocycles. The molecule has 7 heteroatoms. The molecule has 0 spiro atoms. The largest absolute Gasteiger partial charge is 0.491 e. The number of rotatable bonds is 7. The van der Waals surface area contributed by atoms with Crippen molar-refractivity contribution in [3.05, 3.63) is 60.8 Å². The van der Waals surface area contributed by atoms with Crippen LogP contribution in [0.25, 0.3) is 31.9 Å². The summed E-state index contributed by atoms with van der Waals surface area (Å²) < 4.78 is 18.8. The molecule has 148 valence electrons. The van der Waals surface area contributed by atoms with Crippen LogP contribution in [0.15, 0.2) is 60.8 Å². The lowest BCUT2D eigenvalue weighted by Gasteiger charge is -2.08. The molecule has 0 radical (unpaired) electrons. The second kappa shape index (κ2) is 8.55. The molecule has 4 aromatic rings. The highest BCUT2D eigenvalue weighted by Crippen LogP contribution is 2.33. The number of alkyl halides is 1. The number of pyridine rings is 1. The summed E-state index contributed by atoms with van der Waals surface area (Å²) in [5.74, 6) is 1.43. The van der Waals surface area contributed by atoms with Gasteiger partial charge in [-0.25, -0.2) is 14.4 Å². The maximum Gasteiger partial charge on any atom is 0.125 e. The van der Waals surface area contributed by atoms with Gasteiger partial charge in [-0.1, -0.05) is 24.3 Å². The fourth-order valence-corrected chi connectivity index (χ4v) is 3.87. The van der Waals surface area contributed by atoms with E-state index in [2.05, 4.69) is 22.4 Å². The molecule has 0 aliphatic carbocycles. The first-order valence-corrected chi connectivity index (χ1v) is 10.00. The number of thiazole rings is 1. The molecule has 1 atom stereocenters. The average Bonchev–Trinajstić information content (AvgIpc) is 3.21. The highest BCUT2D eigenvalue weighted by molar-refractivity contribution is 7.21. The quantitative estimate of drug-likeness (QED) is 0.460. The van der Waals surface area contributed by atoms with Crippen LogP contribution in [-0.4, -0.2) is 41.5 Å². The summed E-state index contributed by atoms with van der Waals surface area (Å²) in [6.07, 6.45) is 0.741. The van der Waals surface area contributed by atoms with Crippen LogP contribution in [0, 0.1) is 0 Å². The Kier molecular flexibility index (Phi) is 5.69. The monoisotopic (exact) mass is 409 g/mol. The number of aliphatic hydroxyl groups excluding tert-OH is 1. The summed E-state index contributed by atoms with van der Waals surface area (Å²) in [7, 11) is 1.84. The predicted octanol–water partition coefficient (Wildman–Crippen LogP) is 4.78. The summed E-state index contributed by atoms with van der Waals surface area (Å²) in [6.45, 7) is -0.891. The molecular weight excluding hydrogens is 389 g/mol. The minimum atomic E-state index is -1.11. The van der Waals surface area contributed by atoms with Gasteiger partial charge in [-0.05, 0) is 35.9 Å². The number of hydrogen-bond acceptors (Lipinski definition) is 6. The number of halogens is 1. The fraction of sp³-hybridized carbons (Fsp3) is 0.182. The Morgan fingerprint density at radius 1 is 1.07 bits per heavy atom. The molecule has 0 unspecified atom stereocenters. The molecule has 2 aromatic carbocycles. The lowest BCUT2D eigenvalue weighted by molar-refractivity contribution is 0.0842. The van der Waals surface area contributed by atoms with Gasteiger partial charge in [-0.2, -0.15) is 0 Å². The van der Waals surface area contributed by atoms with Crippen molar-refractivity contribution < 1.29 is 14.2 Å². The van der Waals surface area contributed by atoms with Crippen molar-refractivity contribution in [1.29, 1.82) is 0 Å². The third-order valence-corrected chi connectivity index (χ3v) is 5.53. The van der Waals surface area contributed by atoms with Crippen molar-refractivity contribution in [1.82, 2.24) is 9.97 Å². The van der Waals surface area contributed by atoms with E-state index in [-0.39, 0.29) is 6.61 Å². The van der Waals surface area contributed by atoms with E-state index in [4.69, 9.17) is 9.72 Å². The van der Waals surface area contributed by atoms with E-state index >= 15 is 0 Å². The van der Waals surface area contributed by atoms with Crippen molar-refractivity contribution in [2.24, 2.45) is 0 Å². The second-order valence-corrected chi connectivity index (χ2v) is 7.56. The number of anilines is 1. The number of nitrogens with one attached hydrogen (secondary N) is 1. The number of aromatic nitrogens is 2. The first kappa shape index (κ1) is 19.3. The minimum Gasteiger partial charge on any atom is -0.491 e. The Morgan fingerprint density at radius 3 is 2.52 bits per heavy atom. The standard InChI is InChI=1S/C22H20FN3O2S/c1-24-21-9-6-16(12-25-21)14-2-4-15(5-3-14)22-26-19-8-7-18(10-20(19)29-22)28-13-17(27)11-23/h2-10,12,17,27H,11,13H2,1H3,(H,24,25)/t17-/m1/s1. The zero-order chi connectivity index (χ0) is 20.2. The van der Waals surface area contributed by atoms with Crippen molar-refractivity contribution in [2.45, 2.75) is 6.10 Å². The summed E-state index contributed by atoms with van der Waals surface area (Å²) in [6, 6.07) is 17.7. The first-order valence-electron chi connectivity index (χ1n) is 9.18. The number of benzene rings is 2. The molecule has 0 saturated carbocycles. The molecule has 2 heterocycles. The summed E-state index contributed by atoms with van der Waals surface area (Å²) >= 11 is 1.56. The highest BCUT2D eigenvalue weighted by Gasteiger charge is 2.10. The van der Waals surface area contributed by atoms with Crippen LogP contribution in [0.2, 0.25) is 0 Å². The Bertz CT molecular complexity index is 1100. The molecule has 4 rings (SSSR count). The van der Waals surface area contributed by atoms with E-state index in [1.165, 1.54) is 0 Å². The van der Waals surface area contributed by atoms with Crippen LogP contribution >= 0.6 is 11.3 Å². The van der Waals surface area contributed by atoms with Gasteiger partial charge < -0.3 is 15.2 Å². The van der Waals surface area contributed by atoms with Crippen LogP contribution in [0.3, 0.4) is 0 Å². The van der Waals surface area contributed by atoms with Gasteiger partial charge in [0.15, 0.2) is 0 Å². The van der Waals surface area contributed by atoms with Crippen LogP contribution in [0.4, 0.5) is 10.2 Å². The number of aliphatic hydroxyl groups is 1. The van der Waals surface area contributed by atoms with Gasteiger partial charge in [0, 0.05) is 24.4 Å². The SMILES string of the molecule is CNc1ccc(-c2ccc(-c3nc4ccc(OC[C@H](O)CF)cc4s3)cc2)cn1. The molecule has 0 aliphatic rings. The van der Waals surface area contributed by atoms with Gasteiger partial charge in [-0.15, -0.1) is 11.3 Å². The lowest BCUT2D eigenvalue weighted by Crippen LogP contribution is -2.19. The van der Waals surface area contributed by atoms with Crippen molar-refractivity contribution in [2.75, 3.05) is 25.6 Å². The molecule has 0 fully saturated rings. The molecule has 0 amide bonds. The number of hydrogen-bond donors (Lipinski definition) is 2. The fourth-order valence-electron chi connectivity index (χ4n) is 2.87. The molecule has 29 heavy (non-hydrogen) atoms. The molecule has 2 N–H and O–H groups in total. The van der Waals surface area contributed by atoms with Gasteiger partial charge >= 0.3 is 0 Å². The van der Waals surface area contributed by atoms with Gasteiger partial charge in [0.25, 0.3) is 0 Å². The Labute approximate surface area is 171 Å². The van der Waals surface area contributed by atoms with Crippen LogP contribution in [0.5, 0.6) is 5.75 Å². The molecule has 0 saturated heterocycles. The van der Waals surface area contributed by atoms with Crippen molar-refractivity contribution >= 4 is 27.4 Å². The Balaban J connectivity index is 1.54. The van der Waals surface area contributed by atoms with E-state index in [1.807, 2.05) is 49.6 Å². The van der Waals surface area contributed by atoms with E-state index in [1.54, 1.807) is 17.4 Å². The van der Waals surface area contributed by atoms with Gasteiger partial charge in [0.2, 0.25) is 0 Å². The Hall–Kier alpha value is -3.03.